The van der Waals surface area contributed by atoms with Crippen LogP contribution in [-0.4, -0.2) is 29.2 Å². The molecule has 2 unspecified atom stereocenters. The normalized spacial score (nSPS) is 22.4. The highest BCUT2D eigenvalue weighted by atomic mass is 35.5. The first-order valence-electron chi connectivity index (χ1n) is 6.81. The number of benzene rings is 1. The van der Waals surface area contributed by atoms with Crippen molar-refractivity contribution in [3.63, 3.8) is 0 Å². The van der Waals surface area contributed by atoms with Crippen molar-refractivity contribution in [2.24, 2.45) is 5.41 Å². The zero-order valence-corrected chi connectivity index (χ0v) is 14.2. The standard InChI is InChI=1S/C15H17Cl2FN2O2/c1-8-12(21)20(11-6-9(16)5-10(17)7-11)13(15(2,3)4)19(8)14(18)22/h5-8,13H,1-4H3. The largest absolute Gasteiger partial charge is 0.402 e. The fourth-order valence-electron chi connectivity index (χ4n) is 2.78. The molecule has 1 aromatic rings. The van der Waals surface area contributed by atoms with Crippen molar-refractivity contribution in [3.8, 4) is 0 Å². The lowest BCUT2D eigenvalue weighted by molar-refractivity contribution is -0.119. The van der Waals surface area contributed by atoms with E-state index in [-0.39, 0.29) is 5.91 Å². The van der Waals surface area contributed by atoms with Crippen LogP contribution in [0.15, 0.2) is 18.2 Å². The maximum Gasteiger partial charge on any atom is 0.402 e. The lowest BCUT2D eigenvalue weighted by atomic mass is 9.90. The molecule has 1 aromatic carbocycles. The van der Waals surface area contributed by atoms with Gasteiger partial charge in [-0.1, -0.05) is 44.0 Å². The molecule has 0 aromatic heterocycles. The Kier molecular flexibility index (Phi) is 4.42. The summed E-state index contributed by atoms with van der Waals surface area (Å²) >= 11 is 12.0. The van der Waals surface area contributed by atoms with E-state index >= 15 is 0 Å². The Hall–Kier alpha value is -1.33. The topological polar surface area (TPSA) is 40.6 Å². The molecule has 1 aliphatic rings. The fourth-order valence-corrected chi connectivity index (χ4v) is 3.29. The van der Waals surface area contributed by atoms with Crippen molar-refractivity contribution in [1.29, 1.82) is 0 Å². The van der Waals surface area contributed by atoms with Gasteiger partial charge >= 0.3 is 6.16 Å². The molecule has 2 rings (SSSR count). The molecule has 1 saturated heterocycles. The van der Waals surface area contributed by atoms with Crippen molar-refractivity contribution in [3.05, 3.63) is 28.2 Å². The zero-order chi connectivity index (χ0) is 16.8. The van der Waals surface area contributed by atoms with E-state index < -0.39 is 23.8 Å². The van der Waals surface area contributed by atoms with Crippen LogP contribution in [0.2, 0.25) is 10.0 Å². The molecule has 0 aliphatic carbocycles. The van der Waals surface area contributed by atoms with E-state index in [9.17, 15) is 14.0 Å². The van der Waals surface area contributed by atoms with Crippen molar-refractivity contribution >= 4 is 41.0 Å². The number of halogens is 3. The highest BCUT2D eigenvalue weighted by Gasteiger charge is 2.52. The maximum absolute atomic E-state index is 13.5. The molecule has 0 N–H and O–H groups in total. The molecule has 0 radical (unpaired) electrons. The Bertz CT molecular complexity index is 610. The maximum atomic E-state index is 13.5. The molecule has 120 valence electrons. The van der Waals surface area contributed by atoms with Gasteiger partial charge in [0.05, 0.1) is 0 Å². The van der Waals surface area contributed by atoms with Gasteiger partial charge in [-0.3, -0.25) is 14.6 Å². The van der Waals surface area contributed by atoms with E-state index in [2.05, 4.69) is 0 Å². The minimum atomic E-state index is -1.63. The second-order valence-corrected chi connectivity index (χ2v) is 7.28. The minimum absolute atomic E-state index is 0.362. The molecule has 0 saturated carbocycles. The summed E-state index contributed by atoms with van der Waals surface area (Å²) in [5.74, 6) is -0.371. The van der Waals surface area contributed by atoms with Gasteiger partial charge in [-0.2, -0.15) is 0 Å². The first-order valence-corrected chi connectivity index (χ1v) is 7.56. The molecule has 1 fully saturated rings. The predicted octanol–water partition coefficient (Wildman–Crippen LogP) is 4.49. The van der Waals surface area contributed by atoms with E-state index in [0.717, 1.165) is 4.90 Å². The predicted molar refractivity (Wildman–Crippen MR) is 85.0 cm³/mol. The van der Waals surface area contributed by atoms with Gasteiger partial charge < -0.3 is 0 Å². The van der Waals surface area contributed by atoms with Gasteiger partial charge in [-0.05, 0) is 25.1 Å². The van der Waals surface area contributed by atoms with Crippen LogP contribution in [0.25, 0.3) is 0 Å². The lowest BCUT2D eigenvalue weighted by Crippen LogP contribution is -2.50. The van der Waals surface area contributed by atoms with E-state index in [1.807, 2.05) is 20.8 Å². The van der Waals surface area contributed by atoms with Crippen LogP contribution in [0.4, 0.5) is 14.9 Å². The summed E-state index contributed by atoms with van der Waals surface area (Å²) in [6.45, 7) is 7.00. The summed E-state index contributed by atoms with van der Waals surface area (Å²) in [6, 6.07) is 3.80. The zero-order valence-electron chi connectivity index (χ0n) is 12.7. The first-order chi connectivity index (χ1) is 10.0. The Morgan fingerprint density at radius 1 is 1.18 bits per heavy atom. The summed E-state index contributed by atoms with van der Waals surface area (Å²) in [4.78, 5) is 26.3. The molecule has 4 nitrogen and oxygen atoms in total. The van der Waals surface area contributed by atoms with E-state index in [1.165, 1.54) is 11.8 Å². The third kappa shape index (κ3) is 2.92. The summed E-state index contributed by atoms with van der Waals surface area (Å²) in [6.07, 6.45) is -2.39. The van der Waals surface area contributed by atoms with Crippen LogP contribution < -0.4 is 4.90 Å². The number of carbonyl (C=O) groups excluding carboxylic acids is 2. The van der Waals surface area contributed by atoms with Crippen LogP contribution in [0.3, 0.4) is 0 Å². The van der Waals surface area contributed by atoms with Gasteiger partial charge in [-0.25, -0.2) is 4.79 Å². The van der Waals surface area contributed by atoms with E-state index in [1.54, 1.807) is 18.2 Å². The molecule has 0 spiro atoms. The molecule has 2 atom stereocenters. The van der Waals surface area contributed by atoms with Crippen molar-refractivity contribution in [2.45, 2.75) is 39.9 Å². The third-order valence-electron chi connectivity index (χ3n) is 3.62. The Morgan fingerprint density at radius 3 is 2.09 bits per heavy atom. The van der Waals surface area contributed by atoms with Crippen molar-refractivity contribution in [2.75, 3.05) is 4.90 Å². The summed E-state index contributed by atoms with van der Waals surface area (Å²) < 4.78 is 13.5. The number of amides is 2. The molecule has 0 bridgehead atoms. The van der Waals surface area contributed by atoms with Crippen molar-refractivity contribution < 1.29 is 14.0 Å². The minimum Gasteiger partial charge on any atom is -0.289 e. The molecule has 1 heterocycles. The highest BCUT2D eigenvalue weighted by Crippen LogP contribution is 2.39. The molecular formula is C15H17Cl2FN2O2. The molecule has 7 heteroatoms. The monoisotopic (exact) mass is 346 g/mol. The SMILES string of the molecule is CC1C(=O)N(c2cc(Cl)cc(Cl)c2)C(C(C)(C)C)N1C(=O)F. The average molecular weight is 347 g/mol. The number of carbonyl (C=O) groups is 2. The molecule has 1 aliphatic heterocycles. The fraction of sp³-hybridized carbons (Fsp3) is 0.467. The number of nitrogens with zero attached hydrogens (tertiary/aromatic N) is 2. The number of anilines is 1. The van der Waals surface area contributed by atoms with Crippen molar-refractivity contribution in [1.82, 2.24) is 4.90 Å². The Balaban J connectivity index is 2.60. The second kappa shape index (κ2) is 5.70. The molecular weight excluding hydrogens is 330 g/mol. The van der Waals surface area contributed by atoms with Crippen LogP contribution in [0.1, 0.15) is 27.7 Å². The number of hydrogen-bond acceptors (Lipinski definition) is 2. The smallest absolute Gasteiger partial charge is 0.289 e. The summed E-state index contributed by atoms with van der Waals surface area (Å²) in [5.41, 5.74) is -0.116. The van der Waals surface area contributed by atoms with Gasteiger partial charge in [0.1, 0.15) is 12.2 Å². The lowest BCUT2D eigenvalue weighted by Gasteiger charge is -2.38. The summed E-state index contributed by atoms with van der Waals surface area (Å²) in [7, 11) is 0. The number of hydrogen-bond donors (Lipinski definition) is 0. The Labute approximate surface area is 138 Å². The molecule has 2 amide bonds. The summed E-state index contributed by atoms with van der Waals surface area (Å²) in [5, 5.41) is 0.723. The third-order valence-corrected chi connectivity index (χ3v) is 4.06. The van der Waals surface area contributed by atoms with Crippen LogP contribution in [0.5, 0.6) is 0 Å². The van der Waals surface area contributed by atoms with Gasteiger partial charge in [-0.15, -0.1) is 4.39 Å². The van der Waals surface area contributed by atoms with Crippen LogP contribution in [-0.2, 0) is 4.79 Å². The Morgan fingerprint density at radius 2 is 1.68 bits per heavy atom. The molecule has 22 heavy (non-hydrogen) atoms. The van der Waals surface area contributed by atoms with Gasteiger partial charge in [0.25, 0.3) is 5.91 Å². The highest BCUT2D eigenvalue weighted by molar-refractivity contribution is 6.35. The second-order valence-electron chi connectivity index (χ2n) is 6.41. The van der Waals surface area contributed by atoms with E-state index in [0.29, 0.717) is 15.7 Å². The van der Waals surface area contributed by atoms with Gasteiger partial charge in [0.2, 0.25) is 0 Å². The van der Waals surface area contributed by atoms with Crippen LogP contribution >= 0.6 is 23.2 Å². The van der Waals surface area contributed by atoms with E-state index in [4.69, 9.17) is 23.2 Å². The van der Waals surface area contributed by atoms with Gasteiger partial charge in [0, 0.05) is 21.1 Å². The average Bonchev–Trinajstić information content (AvgIpc) is 2.61. The first kappa shape index (κ1) is 17.0. The van der Waals surface area contributed by atoms with Crippen LogP contribution in [0, 0.1) is 5.41 Å². The van der Waals surface area contributed by atoms with Gasteiger partial charge in [0.15, 0.2) is 0 Å². The number of rotatable bonds is 1. The quantitative estimate of drug-likeness (QED) is 0.555.